The molecule has 154 valence electrons. The summed E-state index contributed by atoms with van der Waals surface area (Å²) < 4.78 is 12.7. The molecule has 0 saturated heterocycles. The number of aliphatic hydroxyl groups excluding tert-OH is 1. The highest BCUT2D eigenvalue weighted by molar-refractivity contribution is 9.10. The van der Waals surface area contributed by atoms with Crippen molar-refractivity contribution in [2.24, 2.45) is 0 Å². The summed E-state index contributed by atoms with van der Waals surface area (Å²) in [6.07, 6.45) is 0.995. The Hall–Kier alpha value is -1.31. The molecule has 0 amide bonds. The number of halogens is 2. The molecule has 2 aromatic rings. The molecule has 5 nitrogen and oxygen atoms in total. The fourth-order valence-corrected chi connectivity index (χ4v) is 3.28. The summed E-state index contributed by atoms with van der Waals surface area (Å²) in [5, 5.41) is 16.0. The molecule has 0 unspecified atom stereocenters. The van der Waals surface area contributed by atoms with Gasteiger partial charge in [-0.05, 0) is 50.2 Å². The lowest BCUT2D eigenvalue weighted by Gasteiger charge is -2.16. The van der Waals surface area contributed by atoms with Crippen molar-refractivity contribution in [1.29, 1.82) is 0 Å². The molecule has 0 fully saturated rings. The van der Waals surface area contributed by atoms with Crippen LogP contribution in [0.5, 0.6) is 11.5 Å². The number of rotatable bonds is 13. The highest BCUT2D eigenvalue weighted by Gasteiger charge is 2.12. The zero-order chi connectivity index (χ0) is 20.2. The van der Waals surface area contributed by atoms with E-state index >= 15 is 0 Å². The van der Waals surface area contributed by atoms with Gasteiger partial charge in [0.15, 0.2) is 11.5 Å². The molecule has 0 aliphatic carbocycles. The Kier molecular flexibility index (Phi) is 10.7. The SMILES string of the molecule is CCOc1cc(CNCCCNCCO)c(Br)cc1OCc1ccccc1Cl. The van der Waals surface area contributed by atoms with Crippen molar-refractivity contribution < 1.29 is 14.6 Å². The van der Waals surface area contributed by atoms with Gasteiger partial charge in [-0.25, -0.2) is 0 Å². The minimum Gasteiger partial charge on any atom is -0.490 e. The maximum absolute atomic E-state index is 8.74. The van der Waals surface area contributed by atoms with Crippen LogP contribution in [0.3, 0.4) is 0 Å². The standard InChI is InChI=1S/C21H28BrClN2O3/c1-2-27-20-12-17(14-25-9-5-8-24-10-11-26)18(22)13-21(20)28-15-16-6-3-4-7-19(16)23/h3-4,6-7,12-13,24-26H,2,5,8-11,14-15H2,1H3. The van der Waals surface area contributed by atoms with Crippen molar-refractivity contribution in [2.75, 3.05) is 32.8 Å². The first-order valence-electron chi connectivity index (χ1n) is 9.49. The fourth-order valence-electron chi connectivity index (χ4n) is 2.63. The van der Waals surface area contributed by atoms with Crippen LogP contribution in [0.15, 0.2) is 40.9 Å². The van der Waals surface area contributed by atoms with E-state index in [0.717, 1.165) is 47.4 Å². The number of nitrogens with one attached hydrogen (secondary N) is 2. The third kappa shape index (κ3) is 7.60. The topological polar surface area (TPSA) is 62.8 Å². The van der Waals surface area contributed by atoms with Crippen LogP contribution in [0.25, 0.3) is 0 Å². The van der Waals surface area contributed by atoms with Gasteiger partial charge in [-0.15, -0.1) is 0 Å². The molecule has 0 radical (unpaired) electrons. The minimum absolute atomic E-state index is 0.172. The molecule has 28 heavy (non-hydrogen) atoms. The van der Waals surface area contributed by atoms with E-state index in [1.54, 1.807) is 0 Å². The largest absolute Gasteiger partial charge is 0.490 e. The van der Waals surface area contributed by atoms with E-state index in [4.69, 9.17) is 26.2 Å². The number of ether oxygens (including phenoxy) is 2. The third-order valence-corrected chi connectivity index (χ3v) is 5.17. The lowest BCUT2D eigenvalue weighted by Crippen LogP contribution is -2.24. The van der Waals surface area contributed by atoms with Crippen molar-refractivity contribution in [3.05, 3.63) is 57.0 Å². The van der Waals surface area contributed by atoms with Gasteiger partial charge in [0.2, 0.25) is 0 Å². The smallest absolute Gasteiger partial charge is 0.162 e. The fraction of sp³-hybridized carbons (Fsp3) is 0.429. The zero-order valence-corrected chi connectivity index (χ0v) is 18.5. The van der Waals surface area contributed by atoms with Gasteiger partial charge in [-0.3, -0.25) is 0 Å². The monoisotopic (exact) mass is 470 g/mol. The van der Waals surface area contributed by atoms with Crippen LogP contribution in [-0.4, -0.2) is 38.0 Å². The van der Waals surface area contributed by atoms with Crippen LogP contribution in [0.2, 0.25) is 5.02 Å². The van der Waals surface area contributed by atoms with Gasteiger partial charge in [0, 0.05) is 28.1 Å². The van der Waals surface area contributed by atoms with Crippen molar-refractivity contribution in [2.45, 2.75) is 26.5 Å². The van der Waals surface area contributed by atoms with E-state index in [9.17, 15) is 0 Å². The van der Waals surface area contributed by atoms with Crippen LogP contribution < -0.4 is 20.1 Å². The first-order valence-corrected chi connectivity index (χ1v) is 10.7. The summed E-state index contributed by atoms with van der Waals surface area (Å²) in [6.45, 7) is 6.21. The van der Waals surface area contributed by atoms with Gasteiger partial charge >= 0.3 is 0 Å². The van der Waals surface area contributed by atoms with Crippen LogP contribution in [0.1, 0.15) is 24.5 Å². The predicted molar refractivity (Wildman–Crippen MR) is 117 cm³/mol. The highest BCUT2D eigenvalue weighted by atomic mass is 79.9. The van der Waals surface area contributed by atoms with Gasteiger partial charge in [0.05, 0.1) is 13.2 Å². The molecule has 3 N–H and O–H groups in total. The van der Waals surface area contributed by atoms with Gasteiger partial charge in [0.25, 0.3) is 0 Å². The number of hydrogen-bond acceptors (Lipinski definition) is 5. The van der Waals surface area contributed by atoms with Crippen molar-refractivity contribution in [1.82, 2.24) is 10.6 Å². The van der Waals surface area contributed by atoms with Crippen LogP contribution >= 0.6 is 27.5 Å². The van der Waals surface area contributed by atoms with Gasteiger partial charge in [0.1, 0.15) is 6.61 Å². The molecule has 2 rings (SSSR count). The molecule has 0 spiro atoms. The number of hydrogen-bond donors (Lipinski definition) is 3. The molecule has 0 heterocycles. The second kappa shape index (κ2) is 13.0. The number of aliphatic hydroxyl groups is 1. The van der Waals surface area contributed by atoms with Gasteiger partial charge in [-0.1, -0.05) is 45.7 Å². The van der Waals surface area contributed by atoms with E-state index in [-0.39, 0.29) is 6.61 Å². The average Bonchev–Trinajstić information content (AvgIpc) is 2.69. The van der Waals surface area contributed by atoms with E-state index in [2.05, 4.69) is 26.6 Å². The number of benzene rings is 2. The van der Waals surface area contributed by atoms with E-state index in [0.29, 0.717) is 30.5 Å². The van der Waals surface area contributed by atoms with Crippen LogP contribution in [0, 0.1) is 0 Å². The van der Waals surface area contributed by atoms with Crippen molar-refractivity contribution >= 4 is 27.5 Å². The molecule has 2 aromatic carbocycles. The Labute approximate surface area is 180 Å². The quantitative estimate of drug-likeness (QED) is 0.383. The Morgan fingerprint density at radius 2 is 1.75 bits per heavy atom. The molecular formula is C21H28BrClN2O3. The van der Waals surface area contributed by atoms with Crippen LogP contribution in [0.4, 0.5) is 0 Å². The van der Waals surface area contributed by atoms with E-state index in [1.807, 2.05) is 43.3 Å². The summed E-state index contributed by atoms with van der Waals surface area (Å²) in [7, 11) is 0. The Balaban J connectivity index is 1.95. The molecular weight excluding hydrogens is 444 g/mol. The molecule has 0 atom stereocenters. The molecule has 7 heteroatoms. The van der Waals surface area contributed by atoms with Crippen LogP contribution in [-0.2, 0) is 13.2 Å². The second-order valence-electron chi connectivity index (χ2n) is 6.21. The van der Waals surface area contributed by atoms with Crippen molar-refractivity contribution in [3.63, 3.8) is 0 Å². The summed E-state index contributed by atoms with van der Waals surface area (Å²) in [5.41, 5.74) is 2.04. The Morgan fingerprint density at radius 1 is 1.00 bits per heavy atom. The summed E-state index contributed by atoms with van der Waals surface area (Å²) in [6, 6.07) is 11.6. The average molecular weight is 472 g/mol. The molecule has 0 saturated carbocycles. The predicted octanol–water partition coefficient (Wildman–Crippen LogP) is 4.14. The van der Waals surface area contributed by atoms with E-state index < -0.39 is 0 Å². The normalized spacial score (nSPS) is 10.9. The maximum Gasteiger partial charge on any atom is 0.162 e. The Morgan fingerprint density at radius 3 is 2.50 bits per heavy atom. The third-order valence-electron chi connectivity index (χ3n) is 4.06. The zero-order valence-electron chi connectivity index (χ0n) is 16.1. The molecule has 0 aliphatic rings. The maximum atomic E-state index is 8.74. The minimum atomic E-state index is 0.172. The Bertz CT molecular complexity index is 731. The summed E-state index contributed by atoms with van der Waals surface area (Å²) >= 11 is 9.85. The lowest BCUT2D eigenvalue weighted by atomic mass is 10.2. The van der Waals surface area contributed by atoms with Gasteiger partial charge in [-0.2, -0.15) is 0 Å². The first kappa shape index (κ1) is 23.0. The van der Waals surface area contributed by atoms with E-state index in [1.165, 1.54) is 0 Å². The lowest BCUT2D eigenvalue weighted by molar-refractivity contribution is 0.269. The van der Waals surface area contributed by atoms with Crippen molar-refractivity contribution in [3.8, 4) is 11.5 Å². The molecule has 0 aliphatic heterocycles. The highest BCUT2D eigenvalue weighted by Crippen LogP contribution is 2.34. The molecule has 0 bridgehead atoms. The molecule has 0 aromatic heterocycles. The first-order chi connectivity index (χ1) is 13.7. The summed E-state index contributed by atoms with van der Waals surface area (Å²) in [4.78, 5) is 0. The van der Waals surface area contributed by atoms with Gasteiger partial charge < -0.3 is 25.2 Å². The second-order valence-corrected chi connectivity index (χ2v) is 7.47. The summed E-state index contributed by atoms with van der Waals surface area (Å²) in [5.74, 6) is 1.41.